The van der Waals surface area contributed by atoms with Gasteiger partial charge in [0.15, 0.2) is 5.78 Å². The molecule has 3 fully saturated rings. The monoisotopic (exact) mass is 314 g/mol. The second-order valence-electron chi connectivity index (χ2n) is 9.30. The number of aliphatic hydroxyl groups excluding tert-OH is 1. The van der Waals surface area contributed by atoms with Crippen molar-refractivity contribution < 1.29 is 9.90 Å². The van der Waals surface area contributed by atoms with Crippen LogP contribution in [-0.2, 0) is 4.79 Å². The molecule has 2 heteroatoms. The smallest absolute Gasteiger partial charge is 0.178 e. The molecule has 0 aromatic carbocycles. The van der Waals surface area contributed by atoms with Crippen molar-refractivity contribution in [3.8, 4) is 0 Å². The van der Waals surface area contributed by atoms with E-state index in [2.05, 4.69) is 33.8 Å². The van der Waals surface area contributed by atoms with Crippen LogP contribution < -0.4 is 0 Å². The first kappa shape index (κ1) is 15.6. The molecular weight excluding hydrogens is 284 g/mol. The summed E-state index contributed by atoms with van der Waals surface area (Å²) in [5, 5.41) is 11.1. The number of fused-ring (bicyclic) bond motifs is 5. The van der Waals surface area contributed by atoms with Crippen LogP contribution in [0.25, 0.3) is 0 Å². The Morgan fingerprint density at radius 3 is 2.74 bits per heavy atom. The predicted molar refractivity (Wildman–Crippen MR) is 91.7 cm³/mol. The largest absolute Gasteiger partial charge is 0.393 e. The molecule has 0 bridgehead atoms. The van der Waals surface area contributed by atoms with Gasteiger partial charge in [-0.25, -0.2) is 0 Å². The number of allylic oxidation sites excluding steroid dienone is 4. The summed E-state index contributed by atoms with van der Waals surface area (Å²) in [5.41, 5.74) is 1.42. The summed E-state index contributed by atoms with van der Waals surface area (Å²) >= 11 is 0. The van der Waals surface area contributed by atoms with E-state index in [0.29, 0.717) is 11.8 Å². The van der Waals surface area contributed by atoms with Crippen molar-refractivity contribution in [2.45, 2.75) is 59.5 Å². The Labute approximate surface area is 140 Å². The highest BCUT2D eigenvalue weighted by molar-refractivity contribution is 6.01. The molecule has 126 valence electrons. The number of carbonyl (C=O) groups excluding carboxylic acids is 1. The lowest BCUT2D eigenvalue weighted by Crippen LogP contribution is -2.55. The van der Waals surface area contributed by atoms with Crippen LogP contribution >= 0.6 is 0 Å². The third-order valence-electron chi connectivity index (χ3n) is 8.45. The lowest BCUT2D eigenvalue weighted by Gasteiger charge is -2.58. The van der Waals surface area contributed by atoms with Crippen LogP contribution in [0.15, 0.2) is 23.8 Å². The third-order valence-corrected chi connectivity index (χ3v) is 8.45. The van der Waals surface area contributed by atoms with E-state index in [-0.39, 0.29) is 28.6 Å². The van der Waals surface area contributed by atoms with Crippen molar-refractivity contribution in [1.29, 1.82) is 0 Å². The third kappa shape index (κ3) is 1.94. The SMILES string of the molecule is C[C@@H]1CC2C3CCC4=CC(=O)C=CC4(C)C3C(O)CC2(C)[C@@H]1C. The average molecular weight is 314 g/mol. The van der Waals surface area contributed by atoms with Crippen molar-refractivity contribution in [2.24, 2.45) is 40.4 Å². The Balaban J connectivity index is 1.76. The zero-order chi connectivity index (χ0) is 16.6. The van der Waals surface area contributed by atoms with Crippen molar-refractivity contribution in [2.75, 3.05) is 0 Å². The molecule has 0 amide bonds. The van der Waals surface area contributed by atoms with Gasteiger partial charge in [0.2, 0.25) is 0 Å². The summed E-state index contributed by atoms with van der Waals surface area (Å²) in [6.07, 6.45) is 9.83. The van der Waals surface area contributed by atoms with Crippen molar-refractivity contribution in [3.63, 3.8) is 0 Å². The van der Waals surface area contributed by atoms with Gasteiger partial charge in [0.05, 0.1) is 6.10 Å². The first-order chi connectivity index (χ1) is 10.8. The number of hydrogen-bond acceptors (Lipinski definition) is 2. The molecule has 0 aromatic rings. The minimum Gasteiger partial charge on any atom is -0.393 e. The molecule has 0 spiro atoms. The molecule has 1 N–H and O–H groups in total. The molecule has 2 nitrogen and oxygen atoms in total. The van der Waals surface area contributed by atoms with E-state index in [4.69, 9.17) is 0 Å². The summed E-state index contributed by atoms with van der Waals surface area (Å²) < 4.78 is 0. The van der Waals surface area contributed by atoms with Crippen LogP contribution in [0.5, 0.6) is 0 Å². The van der Waals surface area contributed by atoms with E-state index >= 15 is 0 Å². The minimum atomic E-state index is -0.249. The van der Waals surface area contributed by atoms with Crippen molar-refractivity contribution >= 4 is 5.78 Å². The summed E-state index contributed by atoms with van der Waals surface area (Å²) in [6, 6.07) is 0. The summed E-state index contributed by atoms with van der Waals surface area (Å²) in [5.74, 6) is 3.17. The Bertz CT molecular complexity index is 603. The predicted octanol–water partition coefficient (Wildman–Crippen LogP) is 4.15. The average Bonchev–Trinajstić information content (AvgIpc) is 2.71. The number of hydrogen-bond donors (Lipinski definition) is 1. The van der Waals surface area contributed by atoms with Gasteiger partial charge in [-0.05, 0) is 66.9 Å². The van der Waals surface area contributed by atoms with Crippen LogP contribution in [-0.4, -0.2) is 17.0 Å². The van der Waals surface area contributed by atoms with Gasteiger partial charge >= 0.3 is 0 Å². The van der Waals surface area contributed by atoms with Gasteiger partial charge in [0, 0.05) is 11.3 Å². The van der Waals surface area contributed by atoms with Crippen LogP contribution in [0.1, 0.15) is 53.4 Å². The number of rotatable bonds is 0. The molecule has 23 heavy (non-hydrogen) atoms. The molecule has 3 saturated carbocycles. The van der Waals surface area contributed by atoms with E-state index in [1.807, 2.05) is 6.08 Å². The van der Waals surface area contributed by atoms with Gasteiger partial charge in [0.1, 0.15) is 0 Å². The van der Waals surface area contributed by atoms with Gasteiger partial charge < -0.3 is 5.11 Å². The Morgan fingerprint density at radius 1 is 1.26 bits per heavy atom. The minimum absolute atomic E-state index is 0.118. The molecule has 0 aliphatic heterocycles. The topological polar surface area (TPSA) is 37.3 Å². The molecular formula is C21H30O2. The van der Waals surface area contributed by atoms with Gasteiger partial charge in [-0.2, -0.15) is 0 Å². The maximum absolute atomic E-state index is 11.8. The summed E-state index contributed by atoms with van der Waals surface area (Å²) in [6.45, 7) is 9.48. The number of aliphatic hydroxyl groups is 1. The maximum Gasteiger partial charge on any atom is 0.178 e. The molecule has 4 rings (SSSR count). The quantitative estimate of drug-likeness (QED) is 0.729. The van der Waals surface area contributed by atoms with Gasteiger partial charge in [-0.1, -0.05) is 39.3 Å². The molecule has 4 aliphatic carbocycles. The van der Waals surface area contributed by atoms with Gasteiger partial charge in [0.25, 0.3) is 0 Å². The summed E-state index contributed by atoms with van der Waals surface area (Å²) in [4.78, 5) is 11.8. The van der Waals surface area contributed by atoms with Gasteiger partial charge in [-0.3, -0.25) is 4.79 Å². The zero-order valence-electron chi connectivity index (χ0n) is 14.9. The van der Waals surface area contributed by atoms with E-state index < -0.39 is 0 Å². The van der Waals surface area contributed by atoms with Crippen LogP contribution in [0.2, 0.25) is 0 Å². The molecule has 4 aliphatic rings. The van der Waals surface area contributed by atoms with Crippen LogP contribution in [0.4, 0.5) is 0 Å². The van der Waals surface area contributed by atoms with E-state index in [9.17, 15) is 9.90 Å². The molecule has 0 radical (unpaired) electrons. The zero-order valence-corrected chi connectivity index (χ0v) is 14.9. The molecule has 0 saturated heterocycles. The molecule has 0 aromatic heterocycles. The molecule has 8 atom stereocenters. The second-order valence-corrected chi connectivity index (χ2v) is 9.30. The second kappa shape index (κ2) is 4.81. The first-order valence-electron chi connectivity index (χ1n) is 9.39. The highest BCUT2D eigenvalue weighted by Gasteiger charge is 2.61. The summed E-state index contributed by atoms with van der Waals surface area (Å²) in [7, 11) is 0. The fourth-order valence-electron chi connectivity index (χ4n) is 6.93. The Hall–Kier alpha value is -0.890. The van der Waals surface area contributed by atoms with Crippen molar-refractivity contribution in [3.05, 3.63) is 23.8 Å². The molecule has 0 heterocycles. The number of carbonyl (C=O) groups is 1. The lowest BCUT2D eigenvalue weighted by atomic mass is 9.47. The highest BCUT2D eigenvalue weighted by Crippen LogP contribution is 2.66. The Morgan fingerprint density at radius 2 is 2.00 bits per heavy atom. The number of ketones is 1. The first-order valence-corrected chi connectivity index (χ1v) is 9.39. The standard InChI is InChI=1S/C21H30O2/c1-12-9-17-16-6-5-14-10-15(22)7-8-20(14,3)19(16)18(23)11-21(17,4)13(12)2/h7-8,10,12-13,16-19,23H,5-6,9,11H2,1-4H3/t12-,13-,16?,17?,18?,19?,20?,21?/m1/s1. The normalized spacial score (nSPS) is 55.0. The van der Waals surface area contributed by atoms with E-state index in [1.54, 1.807) is 6.08 Å². The Kier molecular flexibility index (Phi) is 3.27. The molecule has 6 unspecified atom stereocenters. The van der Waals surface area contributed by atoms with Gasteiger partial charge in [-0.15, -0.1) is 0 Å². The van der Waals surface area contributed by atoms with E-state index in [1.165, 1.54) is 12.0 Å². The van der Waals surface area contributed by atoms with E-state index in [0.717, 1.165) is 31.1 Å². The lowest BCUT2D eigenvalue weighted by molar-refractivity contribution is -0.117. The maximum atomic E-state index is 11.8. The highest BCUT2D eigenvalue weighted by atomic mass is 16.3. The fraction of sp³-hybridized carbons (Fsp3) is 0.762. The van der Waals surface area contributed by atoms with Crippen LogP contribution in [0, 0.1) is 40.4 Å². The fourth-order valence-corrected chi connectivity index (χ4v) is 6.93. The van der Waals surface area contributed by atoms with Crippen LogP contribution in [0.3, 0.4) is 0 Å². The van der Waals surface area contributed by atoms with Crippen molar-refractivity contribution in [1.82, 2.24) is 0 Å².